The monoisotopic (exact) mass is 410 g/mol. The van der Waals surface area contributed by atoms with E-state index in [9.17, 15) is 13.2 Å². The van der Waals surface area contributed by atoms with Crippen molar-refractivity contribution in [1.82, 2.24) is 14.3 Å². The molecule has 1 amide bonds. The van der Waals surface area contributed by atoms with E-state index in [0.29, 0.717) is 17.0 Å². The summed E-state index contributed by atoms with van der Waals surface area (Å²) in [6, 6.07) is 6.62. The molecule has 0 N–H and O–H groups in total. The Morgan fingerprint density at radius 1 is 1.35 bits per heavy atom. The van der Waals surface area contributed by atoms with Gasteiger partial charge >= 0.3 is 0 Å². The number of carbonyl (C=O) groups is 1. The smallest absolute Gasteiger partial charge is 0.297 e. The van der Waals surface area contributed by atoms with Crippen molar-refractivity contribution in [2.75, 3.05) is 18.3 Å². The zero-order valence-electron chi connectivity index (χ0n) is 14.5. The molecule has 0 unspecified atom stereocenters. The number of aryl methyl sites for hydroxylation is 2. The predicted octanol–water partition coefficient (Wildman–Crippen LogP) is 1.94. The maximum absolute atomic E-state index is 12.5. The largest absolute Gasteiger partial charge is 0.316 e. The van der Waals surface area contributed by atoms with Gasteiger partial charge in [-0.1, -0.05) is 11.3 Å². The van der Waals surface area contributed by atoms with Crippen LogP contribution in [-0.2, 0) is 23.4 Å². The Labute approximate surface area is 159 Å². The third-order valence-corrected chi connectivity index (χ3v) is 6.58. The molecule has 0 atom stereocenters. The van der Waals surface area contributed by atoms with Crippen LogP contribution in [0.4, 0.5) is 0 Å². The van der Waals surface area contributed by atoms with E-state index in [0.717, 1.165) is 16.0 Å². The van der Waals surface area contributed by atoms with Crippen molar-refractivity contribution in [1.29, 1.82) is 0 Å². The zero-order chi connectivity index (χ0) is 18.9. The average Bonchev–Trinajstić information content (AvgIpc) is 3.14. The van der Waals surface area contributed by atoms with Gasteiger partial charge in [-0.15, -0.1) is 0 Å². The Kier molecular flexibility index (Phi) is 5.35. The van der Waals surface area contributed by atoms with E-state index >= 15 is 0 Å². The van der Waals surface area contributed by atoms with E-state index in [1.54, 1.807) is 49.3 Å². The van der Waals surface area contributed by atoms with Crippen molar-refractivity contribution >= 4 is 49.1 Å². The average molecular weight is 411 g/mol. The Balaban J connectivity index is 2.18. The van der Waals surface area contributed by atoms with Gasteiger partial charge in [-0.05, 0) is 30.5 Å². The van der Waals surface area contributed by atoms with Gasteiger partial charge in [0, 0.05) is 31.8 Å². The number of sulfone groups is 1. The standard InChI is InChI=1S/C16H18N4O3S3/c1-19-13(6-7-17-19)15(21)18-16-20(8-9-24-2)12-5-4-11(26(3,22)23)10-14(12)25-16/h4-7,10H,8-9H2,1-3H3. The number of rotatable bonds is 5. The highest BCUT2D eigenvalue weighted by Crippen LogP contribution is 2.22. The van der Waals surface area contributed by atoms with Crippen LogP contribution in [0.3, 0.4) is 0 Å². The highest BCUT2D eigenvalue weighted by atomic mass is 32.2. The third-order valence-electron chi connectivity index (χ3n) is 3.84. The minimum atomic E-state index is -3.29. The minimum absolute atomic E-state index is 0.257. The van der Waals surface area contributed by atoms with E-state index in [-0.39, 0.29) is 10.8 Å². The summed E-state index contributed by atoms with van der Waals surface area (Å²) in [6.45, 7) is 0.677. The number of fused-ring (bicyclic) bond motifs is 1. The van der Waals surface area contributed by atoms with Crippen LogP contribution in [0.25, 0.3) is 10.2 Å². The summed E-state index contributed by atoms with van der Waals surface area (Å²) >= 11 is 3.00. The fraction of sp³-hybridized carbons (Fsp3) is 0.312. The van der Waals surface area contributed by atoms with Crippen LogP contribution in [0.15, 0.2) is 40.4 Å². The molecule has 0 fully saturated rings. The van der Waals surface area contributed by atoms with Crippen molar-refractivity contribution in [3.8, 4) is 0 Å². The van der Waals surface area contributed by atoms with E-state index in [2.05, 4.69) is 10.1 Å². The SMILES string of the molecule is CSCCn1c(=NC(=O)c2ccnn2C)sc2cc(S(C)(=O)=O)ccc21. The van der Waals surface area contributed by atoms with Gasteiger partial charge in [0.25, 0.3) is 5.91 Å². The van der Waals surface area contributed by atoms with Crippen LogP contribution in [0.5, 0.6) is 0 Å². The van der Waals surface area contributed by atoms with Crippen molar-refractivity contribution in [3.05, 3.63) is 41.0 Å². The fourth-order valence-corrected chi connectivity index (χ4v) is 4.68. The molecular formula is C16H18N4O3S3. The first-order valence-corrected chi connectivity index (χ1v) is 11.8. The number of thioether (sulfide) groups is 1. The molecule has 7 nitrogen and oxygen atoms in total. The van der Waals surface area contributed by atoms with Crippen molar-refractivity contribution in [2.24, 2.45) is 12.0 Å². The lowest BCUT2D eigenvalue weighted by Gasteiger charge is -2.04. The number of hydrogen-bond acceptors (Lipinski definition) is 6. The van der Waals surface area contributed by atoms with E-state index in [1.165, 1.54) is 22.3 Å². The van der Waals surface area contributed by atoms with Gasteiger partial charge in [-0.2, -0.15) is 21.9 Å². The summed E-state index contributed by atoms with van der Waals surface area (Å²) in [5, 5.41) is 4.00. The van der Waals surface area contributed by atoms with Crippen LogP contribution in [0.1, 0.15) is 10.5 Å². The summed E-state index contributed by atoms with van der Waals surface area (Å²) in [7, 11) is -1.61. The topological polar surface area (TPSA) is 86.3 Å². The molecule has 138 valence electrons. The quantitative estimate of drug-likeness (QED) is 0.642. The fourth-order valence-electron chi connectivity index (χ4n) is 2.50. The number of benzene rings is 1. The maximum atomic E-state index is 12.5. The Morgan fingerprint density at radius 3 is 2.73 bits per heavy atom. The second-order valence-electron chi connectivity index (χ2n) is 5.69. The molecule has 2 aromatic heterocycles. The highest BCUT2D eigenvalue weighted by Gasteiger charge is 2.14. The van der Waals surface area contributed by atoms with Gasteiger partial charge in [-0.3, -0.25) is 9.48 Å². The summed E-state index contributed by atoms with van der Waals surface area (Å²) in [4.78, 5) is 17.6. The Morgan fingerprint density at radius 2 is 2.12 bits per heavy atom. The van der Waals surface area contributed by atoms with Crippen LogP contribution in [-0.4, -0.2) is 46.9 Å². The van der Waals surface area contributed by atoms with Crippen LogP contribution >= 0.6 is 23.1 Å². The summed E-state index contributed by atoms with van der Waals surface area (Å²) in [5.41, 5.74) is 1.27. The lowest BCUT2D eigenvalue weighted by molar-refractivity contribution is 0.0989. The molecule has 0 aliphatic rings. The van der Waals surface area contributed by atoms with Crippen LogP contribution in [0.2, 0.25) is 0 Å². The van der Waals surface area contributed by atoms with Gasteiger partial charge in [0.15, 0.2) is 14.6 Å². The molecule has 0 bridgehead atoms. The second-order valence-corrected chi connectivity index (χ2v) is 9.70. The first kappa shape index (κ1) is 18.9. The molecule has 10 heteroatoms. The first-order chi connectivity index (χ1) is 12.3. The molecule has 0 radical (unpaired) electrons. The molecule has 0 aliphatic carbocycles. The van der Waals surface area contributed by atoms with E-state index in [4.69, 9.17) is 0 Å². The van der Waals surface area contributed by atoms with Crippen molar-refractivity contribution < 1.29 is 13.2 Å². The molecule has 2 heterocycles. The number of aromatic nitrogens is 3. The van der Waals surface area contributed by atoms with Crippen LogP contribution in [0, 0.1) is 0 Å². The molecule has 0 aliphatic heterocycles. The number of thiazole rings is 1. The Bertz CT molecular complexity index is 1140. The molecule has 3 aromatic rings. The molecule has 0 saturated heterocycles. The second kappa shape index (κ2) is 7.37. The number of nitrogens with zero attached hydrogens (tertiary/aromatic N) is 4. The first-order valence-electron chi connectivity index (χ1n) is 7.70. The number of carbonyl (C=O) groups excluding carboxylic acids is 1. The zero-order valence-corrected chi connectivity index (χ0v) is 17.0. The normalized spacial score (nSPS) is 12.8. The van der Waals surface area contributed by atoms with Gasteiger partial charge in [0.05, 0.1) is 15.1 Å². The summed E-state index contributed by atoms with van der Waals surface area (Å²) in [6.07, 6.45) is 4.74. The molecule has 0 spiro atoms. The third kappa shape index (κ3) is 3.76. The number of amides is 1. The van der Waals surface area contributed by atoms with Gasteiger partial charge in [0.2, 0.25) is 0 Å². The van der Waals surface area contributed by atoms with E-state index < -0.39 is 9.84 Å². The van der Waals surface area contributed by atoms with Gasteiger partial charge in [0.1, 0.15) is 5.69 Å². The molecular weight excluding hydrogens is 392 g/mol. The summed E-state index contributed by atoms with van der Waals surface area (Å²) in [5.74, 6) is 0.477. The van der Waals surface area contributed by atoms with Crippen LogP contribution < -0.4 is 4.80 Å². The molecule has 3 rings (SSSR count). The lowest BCUT2D eigenvalue weighted by atomic mass is 10.3. The Hall–Kier alpha value is -1.91. The summed E-state index contributed by atoms with van der Waals surface area (Å²) < 4.78 is 27.9. The van der Waals surface area contributed by atoms with Gasteiger partial charge < -0.3 is 4.57 Å². The minimum Gasteiger partial charge on any atom is -0.316 e. The highest BCUT2D eigenvalue weighted by molar-refractivity contribution is 7.98. The predicted molar refractivity (Wildman–Crippen MR) is 104 cm³/mol. The van der Waals surface area contributed by atoms with Crippen molar-refractivity contribution in [2.45, 2.75) is 11.4 Å². The number of hydrogen-bond donors (Lipinski definition) is 0. The van der Waals surface area contributed by atoms with E-state index in [1.807, 2.05) is 10.8 Å². The molecule has 0 saturated carbocycles. The molecule has 1 aromatic carbocycles. The molecule has 26 heavy (non-hydrogen) atoms. The lowest BCUT2D eigenvalue weighted by Crippen LogP contribution is -2.19. The van der Waals surface area contributed by atoms with Crippen molar-refractivity contribution in [3.63, 3.8) is 0 Å². The maximum Gasteiger partial charge on any atom is 0.297 e. The van der Waals surface area contributed by atoms with Gasteiger partial charge in [-0.25, -0.2) is 8.42 Å².